The fourth-order valence-corrected chi connectivity index (χ4v) is 1.79. The van der Waals surface area contributed by atoms with Gasteiger partial charge in [0.2, 0.25) is 0 Å². The Hall–Kier alpha value is -0.860. The third-order valence-corrected chi connectivity index (χ3v) is 2.45. The molecule has 0 aromatic carbocycles. The highest BCUT2D eigenvalue weighted by atomic mass is 15.4. The summed E-state index contributed by atoms with van der Waals surface area (Å²) >= 11 is 0. The zero-order valence-corrected chi connectivity index (χ0v) is 7.75. The van der Waals surface area contributed by atoms with Crippen molar-refractivity contribution in [2.45, 2.75) is 45.6 Å². The smallest absolute Gasteiger partial charge is 0.0884 e. The lowest BCUT2D eigenvalue weighted by Crippen LogP contribution is -2.12. The van der Waals surface area contributed by atoms with Crippen LogP contribution in [0.1, 0.15) is 44.0 Å². The molecule has 0 N–H and O–H groups in total. The molecule has 1 aliphatic rings. The van der Waals surface area contributed by atoms with E-state index in [1.165, 1.54) is 30.7 Å². The first-order chi connectivity index (χ1) is 5.79. The van der Waals surface area contributed by atoms with Gasteiger partial charge in [-0.15, -0.1) is 5.10 Å². The first-order valence-corrected chi connectivity index (χ1v) is 4.71. The van der Waals surface area contributed by atoms with Crippen molar-refractivity contribution in [3.8, 4) is 0 Å². The summed E-state index contributed by atoms with van der Waals surface area (Å²) in [5.74, 6) is 0.520. The Labute approximate surface area is 72.8 Å². The Balaban J connectivity index is 2.38. The second-order valence-corrected chi connectivity index (χ2v) is 3.76. The minimum Gasteiger partial charge on any atom is -0.249 e. The van der Waals surface area contributed by atoms with Crippen molar-refractivity contribution < 1.29 is 0 Å². The molecule has 2 rings (SSSR count). The Bertz CT molecular complexity index is 275. The van der Waals surface area contributed by atoms with E-state index >= 15 is 0 Å². The van der Waals surface area contributed by atoms with Gasteiger partial charge in [0.05, 0.1) is 11.4 Å². The first-order valence-electron chi connectivity index (χ1n) is 4.71. The van der Waals surface area contributed by atoms with Crippen LogP contribution >= 0.6 is 0 Å². The monoisotopic (exact) mass is 165 g/mol. The molecule has 0 atom stereocenters. The number of nitrogens with zero attached hydrogens (tertiary/aromatic N) is 3. The molecule has 3 nitrogen and oxygen atoms in total. The summed E-state index contributed by atoms with van der Waals surface area (Å²) in [5.41, 5.74) is 2.57. The standard InChI is InChI=1S/C9H15N3/c1-7(2)9-8-5-3-4-6-12(8)11-10-9/h7H,3-6H2,1-2H3. The summed E-state index contributed by atoms with van der Waals surface area (Å²) in [7, 11) is 0. The fourth-order valence-electron chi connectivity index (χ4n) is 1.79. The van der Waals surface area contributed by atoms with Gasteiger partial charge >= 0.3 is 0 Å². The number of hydrogen-bond acceptors (Lipinski definition) is 2. The van der Waals surface area contributed by atoms with Gasteiger partial charge in [0.25, 0.3) is 0 Å². The summed E-state index contributed by atoms with van der Waals surface area (Å²) in [6.07, 6.45) is 3.72. The molecule has 0 spiro atoms. The van der Waals surface area contributed by atoms with Crippen LogP contribution in [0, 0.1) is 0 Å². The van der Waals surface area contributed by atoms with E-state index in [1.54, 1.807) is 0 Å². The minimum absolute atomic E-state index is 0.520. The van der Waals surface area contributed by atoms with Gasteiger partial charge in [-0.1, -0.05) is 19.1 Å². The van der Waals surface area contributed by atoms with Gasteiger partial charge in [-0.25, -0.2) is 4.68 Å². The molecule has 1 aromatic heterocycles. The summed E-state index contributed by atoms with van der Waals surface area (Å²) in [5, 5.41) is 8.35. The van der Waals surface area contributed by atoms with E-state index in [-0.39, 0.29) is 0 Å². The molecule has 0 amide bonds. The lowest BCUT2D eigenvalue weighted by atomic mass is 10.0. The topological polar surface area (TPSA) is 30.7 Å². The molecule has 12 heavy (non-hydrogen) atoms. The molecule has 66 valence electrons. The lowest BCUT2D eigenvalue weighted by Gasteiger charge is -2.13. The van der Waals surface area contributed by atoms with Crippen LogP contribution in [0.2, 0.25) is 0 Å². The lowest BCUT2D eigenvalue weighted by molar-refractivity contribution is 0.475. The molecule has 0 saturated heterocycles. The number of fused-ring (bicyclic) bond motifs is 1. The highest BCUT2D eigenvalue weighted by Crippen LogP contribution is 2.21. The van der Waals surface area contributed by atoms with Gasteiger partial charge in [-0.05, 0) is 25.2 Å². The van der Waals surface area contributed by atoms with E-state index in [4.69, 9.17) is 0 Å². The highest BCUT2D eigenvalue weighted by Gasteiger charge is 2.17. The van der Waals surface area contributed by atoms with Gasteiger partial charge < -0.3 is 0 Å². The van der Waals surface area contributed by atoms with Gasteiger partial charge in [0, 0.05) is 6.54 Å². The second kappa shape index (κ2) is 2.88. The van der Waals surface area contributed by atoms with E-state index < -0.39 is 0 Å². The highest BCUT2D eigenvalue weighted by molar-refractivity contribution is 5.15. The van der Waals surface area contributed by atoms with Crippen molar-refractivity contribution >= 4 is 0 Å². The van der Waals surface area contributed by atoms with Crippen molar-refractivity contribution in [3.63, 3.8) is 0 Å². The van der Waals surface area contributed by atoms with E-state index in [2.05, 4.69) is 28.8 Å². The van der Waals surface area contributed by atoms with Crippen molar-refractivity contribution in [3.05, 3.63) is 11.4 Å². The van der Waals surface area contributed by atoms with Crippen molar-refractivity contribution in [1.82, 2.24) is 15.0 Å². The SMILES string of the molecule is CC(C)c1nnn2c1CCCC2. The maximum atomic E-state index is 4.21. The third kappa shape index (κ3) is 1.13. The molecule has 0 bridgehead atoms. The largest absolute Gasteiger partial charge is 0.249 e. The number of aromatic nitrogens is 3. The molecule has 0 unspecified atom stereocenters. The Morgan fingerprint density at radius 2 is 2.17 bits per heavy atom. The van der Waals surface area contributed by atoms with Crippen LogP contribution < -0.4 is 0 Å². The summed E-state index contributed by atoms with van der Waals surface area (Å²) in [6, 6.07) is 0. The van der Waals surface area contributed by atoms with Crippen LogP contribution in [-0.2, 0) is 13.0 Å². The molecule has 3 heteroatoms. The Morgan fingerprint density at radius 3 is 2.92 bits per heavy atom. The van der Waals surface area contributed by atoms with Gasteiger partial charge in [0.15, 0.2) is 0 Å². The second-order valence-electron chi connectivity index (χ2n) is 3.76. The third-order valence-electron chi connectivity index (χ3n) is 2.45. The van der Waals surface area contributed by atoms with Crippen LogP contribution in [0.3, 0.4) is 0 Å². The number of hydrogen-bond donors (Lipinski definition) is 0. The van der Waals surface area contributed by atoms with E-state index in [1.807, 2.05) is 0 Å². The van der Waals surface area contributed by atoms with Crippen molar-refractivity contribution in [1.29, 1.82) is 0 Å². The Morgan fingerprint density at radius 1 is 1.33 bits per heavy atom. The van der Waals surface area contributed by atoms with Crippen LogP contribution in [0.25, 0.3) is 0 Å². The average Bonchev–Trinajstić information content (AvgIpc) is 2.47. The average molecular weight is 165 g/mol. The zero-order valence-electron chi connectivity index (χ0n) is 7.75. The molecular formula is C9H15N3. The van der Waals surface area contributed by atoms with Gasteiger partial charge in [0.1, 0.15) is 0 Å². The first kappa shape index (κ1) is 7.77. The van der Waals surface area contributed by atoms with Crippen LogP contribution in [0.15, 0.2) is 0 Å². The number of rotatable bonds is 1. The summed E-state index contributed by atoms with van der Waals surface area (Å²) < 4.78 is 2.07. The van der Waals surface area contributed by atoms with Crippen LogP contribution in [-0.4, -0.2) is 15.0 Å². The van der Waals surface area contributed by atoms with Crippen molar-refractivity contribution in [2.24, 2.45) is 0 Å². The van der Waals surface area contributed by atoms with Gasteiger partial charge in [-0.2, -0.15) is 0 Å². The fraction of sp³-hybridized carbons (Fsp3) is 0.778. The molecule has 1 aliphatic heterocycles. The molecule has 0 saturated carbocycles. The minimum atomic E-state index is 0.520. The predicted molar refractivity (Wildman–Crippen MR) is 47.0 cm³/mol. The predicted octanol–water partition coefficient (Wildman–Crippen LogP) is 1.74. The zero-order chi connectivity index (χ0) is 8.55. The summed E-state index contributed by atoms with van der Waals surface area (Å²) in [4.78, 5) is 0. The molecule has 1 aromatic rings. The van der Waals surface area contributed by atoms with E-state index in [0.29, 0.717) is 5.92 Å². The molecule has 2 heterocycles. The van der Waals surface area contributed by atoms with E-state index in [9.17, 15) is 0 Å². The number of aryl methyl sites for hydroxylation is 1. The van der Waals surface area contributed by atoms with Crippen LogP contribution in [0.4, 0.5) is 0 Å². The normalized spacial score (nSPS) is 16.6. The van der Waals surface area contributed by atoms with Crippen molar-refractivity contribution in [2.75, 3.05) is 0 Å². The molecule has 0 aliphatic carbocycles. The molecule has 0 radical (unpaired) electrons. The molecular weight excluding hydrogens is 150 g/mol. The summed E-state index contributed by atoms with van der Waals surface area (Å²) in [6.45, 7) is 5.42. The maximum absolute atomic E-state index is 4.21. The van der Waals surface area contributed by atoms with Crippen LogP contribution in [0.5, 0.6) is 0 Å². The van der Waals surface area contributed by atoms with E-state index in [0.717, 1.165) is 6.54 Å². The maximum Gasteiger partial charge on any atom is 0.0884 e. The molecule has 0 fully saturated rings. The Kier molecular flexibility index (Phi) is 1.87. The quantitative estimate of drug-likeness (QED) is 0.634. The van der Waals surface area contributed by atoms with Gasteiger partial charge in [-0.3, -0.25) is 0 Å².